The molecule has 32 heavy (non-hydrogen) atoms. The number of nitrogens with one attached hydrogen (secondary N) is 1. The summed E-state index contributed by atoms with van der Waals surface area (Å²) in [7, 11) is 1.50. The normalized spacial score (nSPS) is 17.2. The van der Waals surface area contributed by atoms with Crippen molar-refractivity contribution in [1.29, 1.82) is 0 Å². The highest BCUT2D eigenvalue weighted by Crippen LogP contribution is 2.44. The molecule has 2 aliphatic carbocycles. The number of ether oxygens (including phenoxy) is 1. The Hall–Kier alpha value is -3.35. The fourth-order valence-corrected chi connectivity index (χ4v) is 5.03. The number of carboxylic acids is 1. The van der Waals surface area contributed by atoms with Gasteiger partial charge in [-0.15, -0.1) is 0 Å². The first-order valence-electron chi connectivity index (χ1n) is 11.0. The van der Waals surface area contributed by atoms with Crippen molar-refractivity contribution in [3.8, 4) is 11.1 Å². The van der Waals surface area contributed by atoms with Gasteiger partial charge in [0.1, 0.15) is 18.2 Å². The van der Waals surface area contributed by atoms with E-state index in [1.807, 2.05) is 36.4 Å². The summed E-state index contributed by atoms with van der Waals surface area (Å²) < 4.78 is 5.50. The molecule has 2 N–H and O–H groups in total. The smallest absolute Gasteiger partial charge is 0.407 e. The van der Waals surface area contributed by atoms with Gasteiger partial charge in [-0.05, 0) is 42.0 Å². The Balaban J connectivity index is 1.39. The average Bonchev–Trinajstić information content (AvgIpc) is 3.41. The maximum absolute atomic E-state index is 12.9. The Labute approximate surface area is 187 Å². The largest absolute Gasteiger partial charge is 0.479 e. The third-order valence-electron chi connectivity index (χ3n) is 6.85. The number of rotatable bonds is 6. The van der Waals surface area contributed by atoms with Crippen LogP contribution in [-0.4, -0.2) is 53.2 Å². The fraction of sp³-hybridized carbons (Fsp3) is 0.400. The molecule has 1 atom stereocenters. The zero-order valence-corrected chi connectivity index (χ0v) is 18.3. The lowest BCUT2D eigenvalue weighted by Crippen LogP contribution is -2.58. The minimum atomic E-state index is -1.20. The van der Waals surface area contributed by atoms with Crippen LogP contribution in [0.25, 0.3) is 11.1 Å². The maximum Gasteiger partial charge on any atom is 0.407 e. The summed E-state index contributed by atoms with van der Waals surface area (Å²) in [5.41, 5.74) is 3.29. The van der Waals surface area contributed by atoms with Gasteiger partial charge in [0.2, 0.25) is 5.91 Å². The van der Waals surface area contributed by atoms with Crippen molar-refractivity contribution in [2.24, 2.45) is 0 Å². The molecule has 7 nitrogen and oxygen atoms in total. The monoisotopic (exact) mass is 436 g/mol. The van der Waals surface area contributed by atoms with Crippen LogP contribution in [0.5, 0.6) is 0 Å². The standard InChI is InChI=1S/C25H28N2O5/c1-16(22(28)27(2)25(23(29)30)13-7-8-14-25)26-24(31)32-15-21-19-11-5-3-9-17(19)18-10-4-6-12-20(18)21/h3-6,9-12,16,21H,7-8,13-15H2,1-2H3,(H,26,31)(H,29,30)/t16-/m1/s1. The van der Waals surface area contributed by atoms with Crippen LogP contribution in [-0.2, 0) is 14.3 Å². The summed E-state index contributed by atoms with van der Waals surface area (Å²) in [5.74, 6) is -1.52. The molecule has 0 spiro atoms. The number of fused-ring (bicyclic) bond motifs is 3. The van der Waals surface area contributed by atoms with Crippen LogP contribution in [0.2, 0.25) is 0 Å². The van der Waals surface area contributed by atoms with Crippen LogP contribution in [0.1, 0.15) is 49.7 Å². The summed E-state index contributed by atoms with van der Waals surface area (Å²) in [4.78, 5) is 38.5. The van der Waals surface area contributed by atoms with E-state index in [4.69, 9.17) is 4.74 Å². The summed E-state index contributed by atoms with van der Waals surface area (Å²) >= 11 is 0. The van der Waals surface area contributed by atoms with Gasteiger partial charge in [-0.2, -0.15) is 0 Å². The molecule has 0 unspecified atom stereocenters. The molecule has 2 aromatic carbocycles. The molecule has 2 amide bonds. The molecular weight excluding hydrogens is 408 g/mol. The summed E-state index contributed by atoms with van der Waals surface area (Å²) in [6, 6.07) is 15.2. The van der Waals surface area contributed by atoms with Gasteiger partial charge >= 0.3 is 12.1 Å². The number of amides is 2. The van der Waals surface area contributed by atoms with E-state index in [-0.39, 0.29) is 12.5 Å². The second-order valence-corrected chi connectivity index (χ2v) is 8.63. The van der Waals surface area contributed by atoms with Crippen LogP contribution in [0, 0.1) is 0 Å². The van der Waals surface area contributed by atoms with Crippen molar-refractivity contribution in [3.05, 3.63) is 59.7 Å². The molecule has 2 aromatic rings. The van der Waals surface area contributed by atoms with E-state index in [0.29, 0.717) is 12.8 Å². The molecule has 0 bridgehead atoms. The molecule has 7 heteroatoms. The number of benzene rings is 2. The van der Waals surface area contributed by atoms with Crippen molar-refractivity contribution < 1.29 is 24.2 Å². The van der Waals surface area contributed by atoms with Crippen molar-refractivity contribution in [2.75, 3.05) is 13.7 Å². The SMILES string of the molecule is C[C@@H](NC(=O)OCC1c2ccccc2-c2ccccc21)C(=O)N(C)C1(C(=O)O)CCCC1. The van der Waals surface area contributed by atoms with E-state index in [9.17, 15) is 19.5 Å². The first-order valence-corrected chi connectivity index (χ1v) is 11.0. The Morgan fingerprint density at radius 1 is 1.06 bits per heavy atom. The van der Waals surface area contributed by atoms with E-state index < -0.39 is 29.6 Å². The van der Waals surface area contributed by atoms with E-state index in [2.05, 4.69) is 17.4 Å². The maximum atomic E-state index is 12.9. The van der Waals surface area contributed by atoms with Crippen molar-refractivity contribution in [1.82, 2.24) is 10.2 Å². The third kappa shape index (κ3) is 3.72. The Kier molecular flexibility index (Phi) is 5.91. The number of carbonyl (C=O) groups excluding carboxylic acids is 2. The zero-order valence-electron chi connectivity index (χ0n) is 18.3. The molecule has 0 saturated heterocycles. The first-order chi connectivity index (χ1) is 15.3. The number of carbonyl (C=O) groups is 3. The van der Waals surface area contributed by atoms with Gasteiger partial charge in [0, 0.05) is 13.0 Å². The average molecular weight is 437 g/mol. The van der Waals surface area contributed by atoms with E-state index >= 15 is 0 Å². The van der Waals surface area contributed by atoms with Gasteiger partial charge in [-0.3, -0.25) is 4.79 Å². The second-order valence-electron chi connectivity index (χ2n) is 8.63. The second kappa shape index (κ2) is 8.65. The van der Waals surface area contributed by atoms with Gasteiger partial charge in [0.05, 0.1) is 0 Å². The Bertz CT molecular complexity index is 999. The van der Waals surface area contributed by atoms with Crippen LogP contribution < -0.4 is 5.32 Å². The highest BCUT2D eigenvalue weighted by molar-refractivity contribution is 5.91. The van der Waals surface area contributed by atoms with E-state index in [1.54, 1.807) is 6.92 Å². The van der Waals surface area contributed by atoms with Gasteiger partial charge in [0.25, 0.3) is 0 Å². The fourth-order valence-electron chi connectivity index (χ4n) is 5.03. The van der Waals surface area contributed by atoms with Gasteiger partial charge in [0.15, 0.2) is 0 Å². The predicted octanol–water partition coefficient (Wildman–Crippen LogP) is 3.77. The lowest BCUT2D eigenvalue weighted by atomic mass is 9.95. The van der Waals surface area contributed by atoms with Crippen LogP contribution in [0.15, 0.2) is 48.5 Å². The highest BCUT2D eigenvalue weighted by Gasteiger charge is 2.47. The van der Waals surface area contributed by atoms with Gasteiger partial charge in [-0.1, -0.05) is 61.4 Å². The molecule has 2 aliphatic rings. The molecule has 0 aromatic heterocycles. The van der Waals surface area contributed by atoms with Crippen LogP contribution in [0.4, 0.5) is 4.79 Å². The molecule has 168 valence electrons. The number of hydrogen-bond acceptors (Lipinski definition) is 4. The molecule has 0 aliphatic heterocycles. The third-order valence-corrected chi connectivity index (χ3v) is 6.85. The number of likely N-dealkylation sites (N-methyl/N-ethyl adjacent to an activating group) is 1. The summed E-state index contributed by atoms with van der Waals surface area (Å²) in [6.07, 6.45) is 1.66. The Morgan fingerprint density at radius 2 is 1.59 bits per heavy atom. The predicted molar refractivity (Wildman–Crippen MR) is 119 cm³/mol. The summed E-state index contributed by atoms with van der Waals surface area (Å²) in [6.45, 7) is 1.69. The van der Waals surface area contributed by atoms with Crippen molar-refractivity contribution in [2.45, 2.75) is 50.1 Å². The molecule has 4 rings (SSSR count). The van der Waals surface area contributed by atoms with Gasteiger partial charge < -0.3 is 20.1 Å². The topological polar surface area (TPSA) is 95.9 Å². The minimum absolute atomic E-state index is 0.0735. The zero-order chi connectivity index (χ0) is 22.9. The Morgan fingerprint density at radius 3 is 2.12 bits per heavy atom. The van der Waals surface area contributed by atoms with Crippen LogP contribution in [0.3, 0.4) is 0 Å². The molecule has 0 radical (unpaired) electrons. The summed E-state index contributed by atoms with van der Waals surface area (Å²) in [5, 5.41) is 12.3. The molecular formula is C25H28N2O5. The molecule has 0 heterocycles. The number of nitrogens with zero attached hydrogens (tertiary/aromatic N) is 1. The number of hydrogen-bond donors (Lipinski definition) is 2. The number of carboxylic acid groups (broad SMARTS) is 1. The van der Waals surface area contributed by atoms with Crippen LogP contribution >= 0.6 is 0 Å². The van der Waals surface area contributed by atoms with E-state index in [0.717, 1.165) is 35.1 Å². The lowest BCUT2D eigenvalue weighted by Gasteiger charge is -2.36. The van der Waals surface area contributed by atoms with Crippen molar-refractivity contribution >= 4 is 18.0 Å². The first kappa shape index (κ1) is 21.9. The number of alkyl carbamates (subject to hydrolysis) is 1. The molecule has 1 saturated carbocycles. The lowest BCUT2D eigenvalue weighted by molar-refractivity contribution is -0.158. The highest BCUT2D eigenvalue weighted by atomic mass is 16.5. The van der Waals surface area contributed by atoms with E-state index in [1.165, 1.54) is 11.9 Å². The number of aliphatic carboxylic acids is 1. The quantitative estimate of drug-likeness (QED) is 0.719. The van der Waals surface area contributed by atoms with Gasteiger partial charge in [-0.25, -0.2) is 9.59 Å². The minimum Gasteiger partial charge on any atom is -0.479 e. The molecule has 1 fully saturated rings. The van der Waals surface area contributed by atoms with Crippen molar-refractivity contribution in [3.63, 3.8) is 0 Å².